The van der Waals surface area contributed by atoms with Crippen molar-refractivity contribution in [2.75, 3.05) is 13.1 Å². The van der Waals surface area contributed by atoms with Crippen molar-refractivity contribution < 1.29 is 19.2 Å². The molecule has 0 heterocycles. The van der Waals surface area contributed by atoms with E-state index in [4.69, 9.17) is 5.73 Å². The third-order valence-corrected chi connectivity index (χ3v) is 3.39. The van der Waals surface area contributed by atoms with Crippen LogP contribution in [0.2, 0.25) is 0 Å². The van der Waals surface area contributed by atoms with Crippen LogP contribution in [0.15, 0.2) is 0 Å². The predicted octanol–water partition coefficient (Wildman–Crippen LogP) is -0.0406. The van der Waals surface area contributed by atoms with E-state index in [0.717, 1.165) is 25.7 Å². The Hall–Kier alpha value is -2.12. The molecule has 24 heavy (non-hydrogen) atoms. The fourth-order valence-corrected chi connectivity index (χ4v) is 2.19. The molecule has 0 fully saturated rings. The molecule has 0 spiro atoms. The first-order valence-electron chi connectivity index (χ1n) is 8.40. The van der Waals surface area contributed by atoms with Crippen LogP contribution in [0.4, 0.5) is 0 Å². The fourth-order valence-electron chi connectivity index (χ4n) is 2.19. The first-order chi connectivity index (χ1) is 11.3. The largest absolute Gasteiger partial charge is 0.370 e. The van der Waals surface area contributed by atoms with Crippen molar-refractivity contribution in [1.82, 2.24) is 16.0 Å². The summed E-state index contributed by atoms with van der Waals surface area (Å²) in [5.41, 5.74) is 5.05. The molecule has 0 radical (unpaired) electrons. The van der Waals surface area contributed by atoms with Crippen LogP contribution in [-0.2, 0) is 19.2 Å². The molecule has 0 bridgehead atoms. The molecule has 0 aromatic carbocycles. The molecule has 0 saturated heterocycles. The Bertz CT molecular complexity index is 426. The second-order valence-corrected chi connectivity index (χ2v) is 5.80. The maximum atomic E-state index is 12.1. The summed E-state index contributed by atoms with van der Waals surface area (Å²) in [4.78, 5) is 44.7. The van der Waals surface area contributed by atoms with Gasteiger partial charge in [0.1, 0.15) is 6.04 Å². The fraction of sp³-hybridized carbons (Fsp3) is 0.750. The molecule has 0 aromatic heterocycles. The minimum absolute atomic E-state index is 0.0810. The van der Waals surface area contributed by atoms with Crippen LogP contribution < -0.4 is 21.7 Å². The number of rotatable bonds is 13. The molecular formula is C16H30N4O4. The van der Waals surface area contributed by atoms with Gasteiger partial charge in [0.25, 0.3) is 0 Å². The molecule has 4 amide bonds. The number of amides is 4. The van der Waals surface area contributed by atoms with E-state index >= 15 is 0 Å². The lowest BCUT2D eigenvalue weighted by atomic mass is 10.1. The maximum Gasteiger partial charge on any atom is 0.242 e. The monoisotopic (exact) mass is 342 g/mol. The molecule has 0 aliphatic carbocycles. The smallest absolute Gasteiger partial charge is 0.242 e. The van der Waals surface area contributed by atoms with E-state index in [2.05, 4.69) is 16.0 Å². The van der Waals surface area contributed by atoms with E-state index in [1.165, 1.54) is 13.8 Å². The van der Waals surface area contributed by atoms with E-state index in [9.17, 15) is 19.2 Å². The number of nitrogens with one attached hydrogen (secondary N) is 3. The van der Waals surface area contributed by atoms with Crippen LogP contribution in [0.5, 0.6) is 0 Å². The van der Waals surface area contributed by atoms with Gasteiger partial charge in [-0.15, -0.1) is 0 Å². The third-order valence-electron chi connectivity index (χ3n) is 3.39. The van der Waals surface area contributed by atoms with Crippen LogP contribution >= 0.6 is 0 Å². The highest BCUT2D eigenvalue weighted by molar-refractivity contribution is 5.86. The minimum atomic E-state index is -0.564. The molecule has 1 atom stereocenters. The molecule has 0 saturated carbocycles. The van der Waals surface area contributed by atoms with Gasteiger partial charge in [-0.1, -0.05) is 6.42 Å². The molecule has 5 N–H and O–H groups in total. The van der Waals surface area contributed by atoms with Gasteiger partial charge in [-0.25, -0.2) is 0 Å². The van der Waals surface area contributed by atoms with Crippen LogP contribution in [0.25, 0.3) is 0 Å². The number of unbranched alkanes of at least 4 members (excludes halogenated alkanes) is 3. The highest BCUT2D eigenvalue weighted by atomic mass is 16.2. The molecule has 0 aliphatic heterocycles. The molecule has 0 aliphatic rings. The van der Waals surface area contributed by atoms with E-state index in [1.807, 2.05) is 0 Å². The Morgan fingerprint density at radius 1 is 0.833 bits per heavy atom. The number of primary amides is 1. The Morgan fingerprint density at radius 2 is 1.46 bits per heavy atom. The first-order valence-corrected chi connectivity index (χ1v) is 8.40. The molecule has 0 aromatic rings. The van der Waals surface area contributed by atoms with E-state index in [-0.39, 0.29) is 23.6 Å². The average molecular weight is 342 g/mol. The molecule has 0 unspecified atom stereocenters. The van der Waals surface area contributed by atoms with Crippen molar-refractivity contribution in [3.8, 4) is 0 Å². The van der Waals surface area contributed by atoms with Gasteiger partial charge >= 0.3 is 0 Å². The lowest BCUT2D eigenvalue weighted by molar-refractivity contribution is -0.128. The summed E-state index contributed by atoms with van der Waals surface area (Å²) in [7, 11) is 0. The van der Waals surface area contributed by atoms with Gasteiger partial charge in [-0.05, 0) is 32.1 Å². The molecule has 8 nitrogen and oxygen atoms in total. The van der Waals surface area contributed by atoms with Gasteiger partial charge in [0.05, 0.1) is 0 Å². The highest BCUT2D eigenvalue weighted by Crippen LogP contribution is 2.02. The SMILES string of the molecule is CC(=O)NCCCC[C@H](NC(C)=O)C(=O)NCCCCCC(N)=O. The summed E-state index contributed by atoms with van der Waals surface area (Å²) >= 11 is 0. The lowest BCUT2D eigenvalue weighted by Gasteiger charge is -2.17. The van der Waals surface area contributed by atoms with Crippen molar-refractivity contribution in [3.63, 3.8) is 0 Å². The van der Waals surface area contributed by atoms with E-state index in [1.54, 1.807) is 0 Å². The second kappa shape index (κ2) is 13.3. The van der Waals surface area contributed by atoms with Crippen molar-refractivity contribution in [2.45, 2.75) is 64.8 Å². The second-order valence-electron chi connectivity index (χ2n) is 5.80. The molecular weight excluding hydrogens is 312 g/mol. The lowest BCUT2D eigenvalue weighted by Crippen LogP contribution is -2.46. The average Bonchev–Trinajstić information content (AvgIpc) is 2.48. The van der Waals surface area contributed by atoms with E-state index in [0.29, 0.717) is 32.4 Å². The highest BCUT2D eigenvalue weighted by Gasteiger charge is 2.18. The Morgan fingerprint density at radius 3 is 2.04 bits per heavy atom. The number of hydrogen-bond acceptors (Lipinski definition) is 4. The van der Waals surface area contributed by atoms with Gasteiger partial charge in [0.15, 0.2) is 0 Å². The van der Waals surface area contributed by atoms with Crippen LogP contribution in [0, 0.1) is 0 Å². The minimum Gasteiger partial charge on any atom is -0.370 e. The number of carbonyl (C=O) groups is 4. The van der Waals surface area contributed by atoms with Crippen LogP contribution in [0.1, 0.15) is 58.8 Å². The van der Waals surface area contributed by atoms with Gasteiger partial charge in [-0.3, -0.25) is 19.2 Å². The van der Waals surface area contributed by atoms with Crippen LogP contribution in [-0.4, -0.2) is 42.8 Å². The molecule has 0 rings (SSSR count). The zero-order valence-electron chi connectivity index (χ0n) is 14.7. The van der Waals surface area contributed by atoms with Gasteiger partial charge in [0.2, 0.25) is 23.6 Å². The van der Waals surface area contributed by atoms with Gasteiger partial charge in [0, 0.05) is 33.4 Å². The molecule has 8 heteroatoms. The van der Waals surface area contributed by atoms with Gasteiger partial charge < -0.3 is 21.7 Å². The standard InChI is InChI=1S/C16H30N4O4/c1-12(21)18-10-7-5-8-14(20-13(2)22)16(24)19-11-6-3-4-9-15(17)23/h14H,3-11H2,1-2H3,(H2,17,23)(H,18,21)(H,19,24)(H,20,22)/t14-/m0/s1. The third kappa shape index (κ3) is 13.5. The molecule has 138 valence electrons. The zero-order chi connectivity index (χ0) is 18.4. The summed E-state index contributed by atoms with van der Waals surface area (Å²) in [6.07, 6.45) is 4.62. The number of nitrogens with two attached hydrogens (primary N) is 1. The number of hydrogen-bond donors (Lipinski definition) is 4. The predicted molar refractivity (Wildman–Crippen MR) is 90.8 cm³/mol. The Balaban J connectivity index is 4.00. The Kier molecular flexibility index (Phi) is 12.2. The first kappa shape index (κ1) is 21.9. The van der Waals surface area contributed by atoms with Crippen molar-refractivity contribution in [1.29, 1.82) is 0 Å². The van der Waals surface area contributed by atoms with Crippen LogP contribution in [0.3, 0.4) is 0 Å². The summed E-state index contributed by atoms with van der Waals surface area (Å²) in [5.74, 6) is -0.857. The quantitative estimate of drug-likeness (QED) is 0.350. The number of carbonyl (C=O) groups excluding carboxylic acids is 4. The normalized spacial score (nSPS) is 11.4. The van der Waals surface area contributed by atoms with Crippen molar-refractivity contribution in [2.24, 2.45) is 5.73 Å². The van der Waals surface area contributed by atoms with Crippen molar-refractivity contribution >= 4 is 23.6 Å². The van der Waals surface area contributed by atoms with Gasteiger partial charge in [-0.2, -0.15) is 0 Å². The maximum absolute atomic E-state index is 12.1. The Labute approximate surface area is 143 Å². The summed E-state index contributed by atoms with van der Waals surface area (Å²) in [5, 5.41) is 8.13. The topological polar surface area (TPSA) is 130 Å². The summed E-state index contributed by atoms with van der Waals surface area (Å²) in [6.45, 7) is 3.89. The van der Waals surface area contributed by atoms with E-state index < -0.39 is 6.04 Å². The summed E-state index contributed by atoms with van der Waals surface area (Å²) < 4.78 is 0. The zero-order valence-corrected chi connectivity index (χ0v) is 14.7. The summed E-state index contributed by atoms with van der Waals surface area (Å²) in [6, 6.07) is -0.564. The van der Waals surface area contributed by atoms with Crippen molar-refractivity contribution in [3.05, 3.63) is 0 Å².